The van der Waals surface area contributed by atoms with Crippen molar-refractivity contribution in [1.82, 2.24) is 0 Å². The Hall–Kier alpha value is -1.88. The molecule has 0 heterocycles. The van der Waals surface area contributed by atoms with E-state index in [0.717, 1.165) is 16.1 Å². The molecule has 0 saturated carbocycles. The molecule has 2 aromatic carbocycles. The Morgan fingerprint density at radius 2 is 1.90 bits per heavy atom. The van der Waals surface area contributed by atoms with Gasteiger partial charge in [-0.05, 0) is 42.8 Å². The fraction of sp³-hybridized carbons (Fsp3) is 0.133. The van der Waals surface area contributed by atoms with Gasteiger partial charge in [-0.25, -0.2) is 9.18 Å². The number of nitrogens with one attached hydrogen (secondary N) is 1. The number of aromatic carboxylic acids is 1. The van der Waals surface area contributed by atoms with Crippen LogP contribution in [0.1, 0.15) is 28.9 Å². The molecular weight excluding hydrogens is 325 g/mol. The van der Waals surface area contributed by atoms with Gasteiger partial charge in [-0.3, -0.25) is 0 Å². The van der Waals surface area contributed by atoms with Crippen LogP contribution in [-0.4, -0.2) is 11.1 Å². The van der Waals surface area contributed by atoms with Crippen LogP contribution in [0, 0.1) is 5.82 Å². The highest BCUT2D eigenvalue weighted by Crippen LogP contribution is 2.24. The molecule has 0 saturated heterocycles. The Balaban J connectivity index is 2.25. The molecule has 0 aliphatic heterocycles. The van der Waals surface area contributed by atoms with Crippen molar-refractivity contribution in [2.45, 2.75) is 13.0 Å². The van der Waals surface area contributed by atoms with Crippen LogP contribution >= 0.6 is 15.9 Å². The zero-order valence-corrected chi connectivity index (χ0v) is 12.3. The summed E-state index contributed by atoms with van der Waals surface area (Å²) in [6, 6.07) is 11.3. The number of carbonyl (C=O) groups is 1. The Kier molecular flexibility index (Phi) is 4.39. The lowest BCUT2D eigenvalue weighted by molar-refractivity contribution is 0.0697. The van der Waals surface area contributed by atoms with E-state index in [4.69, 9.17) is 5.11 Å². The topological polar surface area (TPSA) is 49.3 Å². The number of carboxylic acids is 1. The van der Waals surface area contributed by atoms with Gasteiger partial charge in [-0.15, -0.1) is 0 Å². The summed E-state index contributed by atoms with van der Waals surface area (Å²) in [5.74, 6) is -1.72. The van der Waals surface area contributed by atoms with Crippen LogP contribution in [0.3, 0.4) is 0 Å². The van der Waals surface area contributed by atoms with Crippen molar-refractivity contribution in [3.63, 3.8) is 0 Å². The number of halogens is 2. The van der Waals surface area contributed by atoms with Crippen LogP contribution in [0.25, 0.3) is 0 Å². The van der Waals surface area contributed by atoms with E-state index in [1.807, 2.05) is 31.2 Å². The zero-order valence-electron chi connectivity index (χ0n) is 10.7. The van der Waals surface area contributed by atoms with Crippen LogP contribution in [0.4, 0.5) is 10.1 Å². The minimum Gasteiger partial charge on any atom is -0.478 e. The van der Waals surface area contributed by atoms with E-state index in [1.165, 1.54) is 12.1 Å². The molecule has 2 N–H and O–H groups in total. The molecule has 0 amide bonds. The van der Waals surface area contributed by atoms with Gasteiger partial charge in [0, 0.05) is 16.2 Å². The molecule has 0 aromatic heterocycles. The van der Waals surface area contributed by atoms with Crippen molar-refractivity contribution in [2.24, 2.45) is 0 Å². The average Bonchev–Trinajstić information content (AvgIpc) is 2.41. The number of benzene rings is 2. The predicted octanol–water partition coefficient (Wildman–Crippen LogP) is 4.46. The maximum absolute atomic E-state index is 13.1. The molecular formula is C15H13BrFNO2. The molecule has 0 bridgehead atoms. The number of anilines is 1. The summed E-state index contributed by atoms with van der Waals surface area (Å²) in [6.45, 7) is 1.91. The molecule has 2 aromatic rings. The molecule has 1 atom stereocenters. The SMILES string of the molecule is CC(Nc1ccc(F)cc1C(=O)O)c1ccc(Br)cc1. The molecule has 0 spiro atoms. The van der Waals surface area contributed by atoms with E-state index < -0.39 is 11.8 Å². The molecule has 20 heavy (non-hydrogen) atoms. The highest BCUT2D eigenvalue weighted by Gasteiger charge is 2.14. The molecule has 1 unspecified atom stereocenters. The first-order valence-electron chi connectivity index (χ1n) is 6.02. The van der Waals surface area contributed by atoms with E-state index in [-0.39, 0.29) is 11.6 Å². The standard InChI is InChI=1S/C15H13BrFNO2/c1-9(10-2-4-11(16)5-3-10)18-14-7-6-12(17)8-13(14)15(19)20/h2-9,18H,1H3,(H,19,20). The maximum atomic E-state index is 13.1. The van der Waals surface area contributed by atoms with Gasteiger partial charge >= 0.3 is 5.97 Å². The van der Waals surface area contributed by atoms with Gasteiger partial charge in [-0.1, -0.05) is 28.1 Å². The van der Waals surface area contributed by atoms with Crippen LogP contribution in [0.15, 0.2) is 46.9 Å². The summed E-state index contributed by atoms with van der Waals surface area (Å²) in [7, 11) is 0. The smallest absolute Gasteiger partial charge is 0.337 e. The van der Waals surface area contributed by atoms with Gasteiger partial charge < -0.3 is 10.4 Å². The number of rotatable bonds is 4. The second-order valence-electron chi connectivity index (χ2n) is 4.41. The first-order valence-corrected chi connectivity index (χ1v) is 6.81. The van der Waals surface area contributed by atoms with E-state index in [1.54, 1.807) is 0 Å². The van der Waals surface area contributed by atoms with Crippen molar-refractivity contribution < 1.29 is 14.3 Å². The van der Waals surface area contributed by atoms with Crippen molar-refractivity contribution >= 4 is 27.6 Å². The van der Waals surface area contributed by atoms with Crippen LogP contribution in [0.5, 0.6) is 0 Å². The molecule has 5 heteroatoms. The van der Waals surface area contributed by atoms with E-state index >= 15 is 0 Å². The Bertz CT molecular complexity index is 628. The molecule has 0 fully saturated rings. The fourth-order valence-corrected chi connectivity index (χ4v) is 2.15. The minimum absolute atomic E-state index is 0.0750. The summed E-state index contributed by atoms with van der Waals surface area (Å²) in [4.78, 5) is 11.1. The van der Waals surface area contributed by atoms with E-state index in [9.17, 15) is 9.18 Å². The second kappa shape index (κ2) is 6.05. The predicted molar refractivity (Wildman–Crippen MR) is 79.5 cm³/mol. The molecule has 0 aliphatic carbocycles. The largest absolute Gasteiger partial charge is 0.478 e. The maximum Gasteiger partial charge on any atom is 0.337 e. The summed E-state index contributed by atoms with van der Waals surface area (Å²) in [5, 5.41) is 12.2. The van der Waals surface area contributed by atoms with Gasteiger partial charge in [0.05, 0.1) is 5.56 Å². The normalized spacial score (nSPS) is 11.9. The lowest BCUT2D eigenvalue weighted by Gasteiger charge is -2.17. The lowest BCUT2D eigenvalue weighted by Crippen LogP contribution is -2.11. The highest BCUT2D eigenvalue weighted by atomic mass is 79.9. The fourth-order valence-electron chi connectivity index (χ4n) is 1.89. The van der Waals surface area contributed by atoms with Crippen LogP contribution < -0.4 is 5.32 Å². The first kappa shape index (κ1) is 14.5. The third-order valence-electron chi connectivity index (χ3n) is 2.95. The van der Waals surface area contributed by atoms with Crippen molar-refractivity contribution in [2.75, 3.05) is 5.32 Å². The van der Waals surface area contributed by atoms with E-state index in [0.29, 0.717) is 5.69 Å². The highest BCUT2D eigenvalue weighted by molar-refractivity contribution is 9.10. The second-order valence-corrected chi connectivity index (χ2v) is 5.33. The van der Waals surface area contributed by atoms with Gasteiger partial charge in [-0.2, -0.15) is 0 Å². The summed E-state index contributed by atoms with van der Waals surface area (Å²) < 4.78 is 14.1. The first-order chi connectivity index (χ1) is 9.47. The monoisotopic (exact) mass is 337 g/mol. The summed E-state index contributed by atoms with van der Waals surface area (Å²) >= 11 is 3.36. The van der Waals surface area contributed by atoms with Crippen molar-refractivity contribution in [3.8, 4) is 0 Å². The number of carboxylic acid groups (broad SMARTS) is 1. The minimum atomic E-state index is -1.16. The number of hydrogen-bond acceptors (Lipinski definition) is 2. The number of hydrogen-bond donors (Lipinski definition) is 2. The van der Waals surface area contributed by atoms with Gasteiger partial charge in [0.2, 0.25) is 0 Å². The quantitative estimate of drug-likeness (QED) is 0.865. The molecule has 3 nitrogen and oxygen atoms in total. The Morgan fingerprint density at radius 3 is 2.50 bits per heavy atom. The molecule has 0 aliphatic rings. The molecule has 0 radical (unpaired) electrons. The van der Waals surface area contributed by atoms with Crippen LogP contribution in [-0.2, 0) is 0 Å². The Labute approximate surface area is 124 Å². The van der Waals surface area contributed by atoms with Crippen LogP contribution in [0.2, 0.25) is 0 Å². The third-order valence-corrected chi connectivity index (χ3v) is 3.48. The summed E-state index contributed by atoms with van der Waals surface area (Å²) in [5.41, 5.74) is 1.33. The summed E-state index contributed by atoms with van der Waals surface area (Å²) in [6.07, 6.45) is 0. The zero-order chi connectivity index (χ0) is 14.7. The van der Waals surface area contributed by atoms with Gasteiger partial charge in [0.15, 0.2) is 0 Å². The third kappa shape index (κ3) is 3.36. The van der Waals surface area contributed by atoms with Gasteiger partial charge in [0.1, 0.15) is 5.82 Å². The van der Waals surface area contributed by atoms with Gasteiger partial charge in [0.25, 0.3) is 0 Å². The van der Waals surface area contributed by atoms with Crippen molar-refractivity contribution in [3.05, 3.63) is 63.9 Å². The molecule has 2 rings (SSSR count). The van der Waals surface area contributed by atoms with E-state index in [2.05, 4.69) is 21.2 Å². The Morgan fingerprint density at radius 1 is 1.25 bits per heavy atom. The lowest BCUT2D eigenvalue weighted by atomic mass is 10.1. The van der Waals surface area contributed by atoms with Crippen molar-refractivity contribution in [1.29, 1.82) is 0 Å². The average molecular weight is 338 g/mol. The molecule has 104 valence electrons.